The number of hydrogen-bond donors (Lipinski definition) is 1. The molecule has 0 spiro atoms. The first-order valence-corrected chi connectivity index (χ1v) is 11.7. The van der Waals surface area contributed by atoms with Crippen molar-refractivity contribution in [1.29, 1.82) is 5.26 Å². The Labute approximate surface area is 172 Å². The summed E-state index contributed by atoms with van der Waals surface area (Å²) in [5.74, 6) is 0.928. The fraction of sp³-hybridized carbons (Fsp3) is 0.619. The summed E-state index contributed by atoms with van der Waals surface area (Å²) in [5, 5.41) is 12.3. The first kappa shape index (κ1) is 20.3. The van der Waals surface area contributed by atoms with Gasteiger partial charge in [-0.25, -0.2) is 8.42 Å². The summed E-state index contributed by atoms with van der Waals surface area (Å²) in [6, 6.07) is 8.24. The molecular formula is C21H27N3O4S. The second-order valence-electron chi connectivity index (χ2n) is 8.54. The van der Waals surface area contributed by atoms with Gasteiger partial charge in [0, 0.05) is 26.6 Å². The molecule has 0 aromatic heterocycles. The summed E-state index contributed by atoms with van der Waals surface area (Å²) in [4.78, 5) is 11.7. The molecule has 1 saturated heterocycles. The minimum Gasteiger partial charge on any atom is -0.376 e. The molecule has 1 N–H and O–H groups in total. The average Bonchev–Trinajstić information content (AvgIpc) is 3.43. The average molecular weight is 418 g/mol. The zero-order chi connectivity index (χ0) is 20.6. The molecule has 156 valence electrons. The van der Waals surface area contributed by atoms with Crippen LogP contribution in [-0.4, -0.2) is 50.5 Å². The van der Waals surface area contributed by atoms with Crippen molar-refractivity contribution in [3.05, 3.63) is 29.8 Å². The lowest BCUT2D eigenvalue weighted by Crippen LogP contribution is -2.50. The van der Waals surface area contributed by atoms with Crippen LogP contribution in [0.3, 0.4) is 0 Å². The molecule has 4 rings (SSSR count). The molecule has 2 aliphatic carbocycles. The molecule has 3 aliphatic rings. The van der Waals surface area contributed by atoms with E-state index in [-0.39, 0.29) is 40.3 Å². The molecule has 0 bridgehead atoms. The van der Waals surface area contributed by atoms with E-state index in [1.165, 1.54) is 36.2 Å². The normalized spacial score (nSPS) is 29.8. The SMILES string of the molecule is CC(=O)N[C@@H]1C[C@@H]2CN(S(=O)(=O)c3ccccc3C#N)C[C@@H]2C[C@H]1OCC1CC1. The van der Waals surface area contributed by atoms with E-state index >= 15 is 0 Å². The predicted octanol–water partition coefficient (Wildman–Crippen LogP) is 1.89. The largest absolute Gasteiger partial charge is 0.376 e. The molecule has 0 unspecified atom stereocenters. The van der Waals surface area contributed by atoms with E-state index in [1.54, 1.807) is 12.1 Å². The van der Waals surface area contributed by atoms with Gasteiger partial charge in [-0.05, 0) is 55.6 Å². The number of nitriles is 1. The lowest BCUT2D eigenvalue weighted by molar-refractivity contribution is -0.122. The van der Waals surface area contributed by atoms with Crippen LogP contribution in [0.4, 0.5) is 0 Å². The van der Waals surface area contributed by atoms with Crippen molar-refractivity contribution in [2.75, 3.05) is 19.7 Å². The highest BCUT2D eigenvalue weighted by Crippen LogP contribution is 2.40. The van der Waals surface area contributed by atoms with Crippen molar-refractivity contribution < 1.29 is 17.9 Å². The van der Waals surface area contributed by atoms with Gasteiger partial charge in [0.25, 0.3) is 0 Å². The van der Waals surface area contributed by atoms with Crippen LogP contribution in [-0.2, 0) is 19.6 Å². The number of carbonyl (C=O) groups excluding carboxylic acids is 1. The van der Waals surface area contributed by atoms with E-state index in [9.17, 15) is 18.5 Å². The van der Waals surface area contributed by atoms with Gasteiger partial charge in [0.05, 0.1) is 22.6 Å². The number of sulfonamides is 1. The Morgan fingerprint density at radius 2 is 1.93 bits per heavy atom. The van der Waals surface area contributed by atoms with Crippen molar-refractivity contribution >= 4 is 15.9 Å². The molecule has 1 amide bonds. The van der Waals surface area contributed by atoms with Gasteiger partial charge in [-0.1, -0.05) is 12.1 Å². The summed E-state index contributed by atoms with van der Waals surface area (Å²) < 4.78 is 34.0. The molecule has 3 fully saturated rings. The first-order valence-electron chi connectivity index (χ1n) is 10.3. The molecule has 1 aromatic rings. The van der Waals surface area contributed by atoms with Crippen LogP contribution >= 0.6 is 0 Å². The van der Waals surface area contributed by atoms with E-state index in [0.717, 1.165) is 13.0 Å². The van der Waals surface area contributed by atoms with Gasteiger partial charge < -0.3 is 10.1 Å². The summed E-state index contributed by atoms with van der Waals surface area (Å²) in [7, 11) is -3.73. The number of carbonyl (C=O) groups is 1. The molecule has 8 heteroatoms. The van der Waals surface area contributed by atoms with Crippen LogP contribution < -0.4 is 5.32 Å². The Bertz CT molecular complexity index is 922. The number of nitrogens with zero attached hydrogens (tertiary/aromatic N) is 2. The third kappa shape index (κ3) is 4.32. The maximum Gasteiger partial charge on any atom is 0.244 e. The molecule has 1 aliphatic heterocycles. The monoisotopic (exact) mass is 417 g/mol. The molecule has 7 nitrogen and oxygen atoms in total. The number of nitrogens with one attached hydrogen (secondary N) is 1. The smallest absolute Gasteiger partial charge is 0.244 e. The minimum absolute atomic E-state index is 0.0705. The van der Waals surface area contributed by atoms with Gasteiger partial charge in [0.1, 0.15) is 6.07 Å². The molecule has 0 radical (unpaired) electrons. The molecule has 29 heavy (non-hydrogen) atoms. The van der Waals surface area contributed by atoms with Crippen molar-refractivity contribution in [2.24, 2.45) is 17.8 Å². The van der Waals surface area contributed by atoms with E-state index in [1.807, 2.05) is 6.07 Å². The van der Waals surface area contributed by atoms with Gasteiger partial charge in [-0.3, -0.25) is 4.79 Å². The van der Waals surface area contributed by atoms with Crippen LogP contribution in [0.25, 0.3) is 0 Å². The number of hydrogen-bond acceptors (Lipinski definition) is 5. The van der Waals surface area contributed by atoms with Gasteiger partial charge in [0.15, 0.2) is 0 Å². The second-order valence-corrected chi connectivity index (χ2v) is 10.5. The Morgan fingerprint density at radius 3 is 2.59 bits per heavy atom. The maximum atomic E-state index is 13.2. The van der Waals surface area contributed by atoms with E-state index < -0.39 is 10.0 Å². The molecule has 4 atom stereocenters. The Balaban J connectivity index is 1.51. The quantitative estimate of drug-likeness (QED) is 0.762. The Morgan fingerprint density at radius 1 is 1.24 bits per heavy atom. The summed E-state index contributed by atoms with van der Waals surface area (Å²) >= 11 is 0. The zero-order valence-corrected chi connectivity index (χ0v) is 17.4. The zero-order valence-electron chi connectivity index (χ0n) is 16.6. The number of amides is 1. The number of rotatable bonds is 6. The van der Waals surface area contributed by atoms with Gasteiger partial charge in [0.2, 0.25) is 15.9 Å². The van der Waals surface area contributed by atoms with Gasteiger partial charge in [-0.2, -0.15) is 9.57 Å². The first-order chi connectivity index (χ1) is 13.9. The van der Waals surface area contributed by atoms with Crippen molar-refractivity contribution in [3.63, 3.8) is 0 Å². The van der Waals surface area contributed by atoms with Crippen molar-refractivity contribution in [2.45, 2.75) is 49.6 Å². The molecular weight excluding hydrogens is 390 g/mol. The van der Waals surface area contributed by atoms with Crippen molar-refractivity contribution in [1.82, 2.24) is 9.62 Å². The summed E-state index contributed by atoms with van der Waals surface area (Å²) in [5.41, 5.74) is 0.170. The van der Waals surface area contributed by atoms with Crippen molar-refractivity contribution in [3.8, 4) is 6.07 Å². The van der Waals surface area contributed by atoms with Crippen LogP contribution in [0.5, 0.6) is 0 Å². The fourth-order valence-corrected chi connectivity index (χ4v) is 6.33. The standard InChI is InChI=1S/C21H27N3O4S/c1-14(25)23-19-8-17-11-24(12-18(17)9-20(19)28-13-15-6-7-15)29(26,27)21-5-3-2-4-16(21)10-22/h2-5,15,17-20H,6-9,11-13H2,1H3,(H,23,25)/t17-,18+,19-,20-/m1/s1. The van der Waals surface area contributed by atoms with E-state index in [0.29, 0.717) is 25.4 Å². The number of fused-ring (bicyclic) bond motifs is 1. The maximum absolute atomic E-state index is 13.2. The van der Waals surface area contributed by atoms with Gasteiger partial charge in [-0.15, -0.1) is 0 Å². The fourth-order valence-electron chi connectivity index (χ4n) is 4.63. The summed E-state index contributed by atoms with van der Waals surface area (Å²) in [6.07, 6.45) is 3.79. The van der Waals surface area contributed by atoms with Crippen LogP contribution in [0, 0.1) is 29.1 Å². The number of benzene rings is 1. The van der Waals surface area contributed by atoms with Crippen LogP contribution in [0.1, 0.15) is 38.2 Å². The Hall–Kier alpha value is -1.95. The van der Waals surface area contributed by atoms with Crippen LogP contribution in [0.15, 0.2) is 29.2 Å². The molecule has 2 saturated carbocycles. The van der Waals surface area contributed by atoms with Crippen LogP contribution in [0.2, 0.25) is 0 Å². The highest BCUT2D eigenvalue weighted by atomic mass is 32.2. The second kappa shape index (κ2) is 8.05. The van der Waals surface area contributed by atoms with E-state index in [2.05, 4.69) is 5.32 Å². The van der Waals surface area contributed by atoms with E-state index in [4.69, 9.17) is 4.74 Å². The topological polar surface area (TPSA) is 99.5 Å². The Kier molecular flexibility index (Phi) is 5.65. The molecule has 1 heterocycles. The highest BCUT2D eigenvalue weighted by Gasteiger charge is 2.46. The lowest BCUT2D eigenvalue weighted by atomic mass is 9.77. The summed E-state index contributed by atoms with van der Waals surface area (Å²) in [6.45, 7) is 3.07. The van der Waals surface area contributed by atoms with Gasteiger partial charge >= 0.3 is 0 Å². The third-order valence-electron chi connectivity index (χ3n) is 6.34. The predicted molar refractivity (Wildman–Crippen MR) is 106 cm³/mol. The minimum atomic E-state index is -3.73. The molecule has 1 aromatic carbocycles. The third-order valence-corrected chi connectivity index (χ3v) is 8.23. The number of ether oxygens (including phenoxy) is 1. The lowest BCUT2D eigenvalue weighted by Gasteiger charge is -2.38. The highest BCUT2D eigenvalue weighted by molar-refractivity contribution is 7.89.